The molecule has 1 unspecified atom stereocenters. The fourth-order valence-electron chi connectivity index (χ4n) is 1.50. The van der Waals surface area contributed by atoms with Gasteiger partial charge in [-0.1, -0.05) is 19.0 Å². The number of alkyl halides is 3. The van der Waals surface area contributed by atoms with E-state index in [9.17, 15) is 18.0 Å². The molecule has 1 rings (SSSR count). The number of aromatic nitrogens is 2. The molecule has 1 heterocycles. The first-order chi connectivity index (χ1) is 8.75. The second kappa shape index (κ2) is 6.03. The molecule has 0 saturated carbocycles. The number of halogens is 3. The number of carbonyl (C=O) groups is 1. The number of hydrogen-bond acceptors (Lipinski definition) is 5. The molecule has 0 N–H and O–H groups in total. The minimum atomic E-state index is -4.70. The van der Waals surface area contributed by atoms with Gasteiger partial charge in [-0.15, -0.1) is 0 Å². The van der Waals surface area contributed by atoms with Gasteiger partial charge in [0.25, 0.3) is 5.82 Å². The molecule has 0 fully saturated rings. The minimum absolute atomic E-state index is 0.0654. The Hall–Kier alpha value is -1.60. The topological polar surface area (TPSA) is 65.2 Å². The van der Waals surface area contributed by atoms with Crippen LogP contribution in [0.25, 0.3) is 0 Å². The molecule has 5 nitrogen and oxygen atoms in total. The van der Waals surface area contributed by atoms with Crippen LogP contribution in [-0.4, -0.2) is 22.7 Å². The number of carbonyl (C=O) groups excluding carboxylic acids is 1. The second-order valence-corrected chi connectivity index (χ2v) is 4.39. The summed E-state index contributed by atoms with van der Waals surface area (Å²) in [5.74, 6) is -3.31. The van der Waals surface area contributed by atoms with Gasteiger partial charge in [0.1, 0.15) is 5.92 Å². The predicted octanol–water partition coefficient (Wildman–Crippen LogP) is 2.78. The highest BCUT2D eigenvalue weighted by Gasteiger charge is 2.39. The maximum atomic E-state index is 12.4. The van der Waals surface area contributed by atoms with Crippen molar-refractivity contribution in [2.45, 2.75) is 39.3 Å². The van der Waals surface area contributed by atoms with Crippen LogP contribution in [0.1, 0.15) is 44.8 Å². The zero-order chi connectivity index (χ0) is 14.6. The van der Waals surface area contributed by atoms with Crippen molar-refractivity contribution in [3.05, 3.63) is 11.7 Å². The second-order valence-electron chi connectivity index (χ2n) is 4.39. The van der Waals surface area contributed by atoms with Gasteiger partial charge in [0.15, 0.2) is 0 Å². The summed E-state index contributed by atoms with van der Waals surface area (Å²) < 4.78 is 46.5. The smallest absolute Gasteiger partial charge is 0.455 e. The van der Waals surface area contributed by atoms with E-state index in [2.05, 4.69) is 14.7 Å². The third kappa shape index (κ3) is 4.22. The van der Waals surface area contributed by atoms with E-state index in [-0.39, 0.29) is 24.8 Å². The molecular weight excluding hydrogens is 265 g/mol. The van der Waals surface area contributed by atoms with Crippen LogP contribution < -0.4 is 0 Å². The normalized spacial score (nSPS) is 13.6. The van der Waals surface area contributed by atoms with Crippen molar-refractivity contribution in [3.8, 4) is 0 Å². The Morgan fingerprint density at radius 3 is 2.47 bits per heavy atom. The number of nitrogens with zero attached hydrogens (tertiary/aromatic N) is 2. The van der Waals surface area contributed by atoms with Gasteiger partial charge in [-0.3, -0.25) is 4.79 Å². The van der Waals surface area contributed by atoms with E-state index < -0.39 is 23.9 Å². The molecule has 19 heavy (non-hydrogen) atoms. The van der Waals surface area contributed by atoms with Crippen molar-refractivity contribution in [2.24, 2.45) is 5.92 Å². The van der Waals surface area contributed by atoms with Gasteiger partial charge in [0.2, 0.25) is 5.89 Å². The molecular formula is C11H15F3N2O3. The highest BCUT2D eigenvalue weighted by atomic mass is 19.4. The summed E-state index contributed by atoms with van der Waals surface area (Å²) >= 11 is 0. The van der Waals surface area contributed by atoms with Gasteiger partial charge in [0.05, 0.1) is 6.61 Å². The SMILES string of the molecule is CCOC(=O)C(CC(C)C)c1nc(C(F)(F)F)no1. The lowest BCUT2D eigenvalue weighted by Gasteiger charge is -2.13. The molecule has 0 spiro atoms. The van der Waals surface area contributed by atoms with Gasteiger partial charge >= 0.3 is 12.1 Å². The highest BCUT2D eigenvalue weighted by Crippen LogP contribution is 2.30. The Kier molecular flexibility index (Phi) is 4.90. The number of rotatable bonds is 5. The van der Waals surface area contributed by atoms with Crippen LogP contribution >= 0.6 is 0 Å². The van der Waals surface area contributed by atoms with Gasteiger partial charge in [0, 0.05) is 0 Å². The lowest BCUT2D eigenvalue weighted by atomic mass is 9.97. The van der Waals surface area contributed by atoms with Crippen molar-refractivity contribution in [1.29, 1.82) is 0 Å². The third-order valence-electron chi connectivity index (χ3n) is 2.27. The Morgan fingerprint density at radius 1 is 1.42 bits per heavy atom. The molecule has 0 aromatic carbocycles. The first-order valence-electron chi connectivity index (χ1n) is 5.83. The monoisotopic (exact) mass is 280 g/mol. The van der Waals surface area contributed by atoms with Crippen LogP contribution in [0, 0.1) is 5.92 Å². The first kappa shape index (κ1) is 15.5. The predicted molar refractivity (Wildman–Crippen MR) is 58.1 cm³/mol. The first-order valence-corrected chi connectivity index (χ1v) is 5.83. The summed E-state index contributed by atoms with van der Waals surface area (Å²) in [6, 6.07) is 0. The lowest BCUT2D eigenvalue weighted by molar-refractivity contribution is -0.147. The highest BCUT2D eigenvalue weighted by molar-refractivity contribution is 5.76. The van der Waals surface area contributed by atoms with Crippen LogP contribution in [0.15, 0.2) is 4.52 Å². The molecule has 0 radical (unpaired) electrons. The average molecular weight is 280 g/mol. The quantitative estimate of drug-likeness (QED) is 0.776. The fraction of sp³-hybridized carbons (Fsp3) is 0.727. The van der Waals surface area contributed by atoms with Crippen LogP contribution in [0.2, 0.25) is 0 Å². The van der Waals surface area contributed by atoms with E-state index in [0.29, 0.717) is 0 Å². The van der Waals surface area contributed by atoms with E-state index in [1.54, 1.807) is 6.92 Å². The van der Waals surface area contributed by atoms with Crippen LogP contribution in [0.4, 0.5) is 13.2 Å². The average Bonchev–Trinajstić information content (AvgIpc) is 2.74. The van der Waals surface area contributed by atoms with E-state index in [4.69, 9.17) is 4.74 Å². The Labute approximate surface area is 108 Å². The van der Waals surface area contributed by atoms with Crippen molar-refractivity contribution < 1.29 is 27.2 Å². The van der Waals surface area contributed by atoms with Gasteiger partial charge in [-0.05, 0) is 19.3 Å². The van der Waals surface area contributed by atoms with Crippen LogP contribution in [-0.2, 0) is 15.7 Å². The van der Waals surface area contributed by atoms with Gasteiger partial charge in [-0.25, -0.2) is 0 Å². The maximum absolute atomic E-state index is 12.4. The molecule has 1 aromatic heterocycles. The molecule has 0 aliphatic heterocycles. The van der Waals surface area contributed by atoms with Gasteiger partial charge in [-0.2, -0.15) is 18.2 Å². The summed E-state index contributed by atoms with van der Waals surface area (Å²) in [5, 5.41) is 2.84. The van der Waals surface area contributed by atoms with E-state index >= 15 is 0 Å². The van der Waals surface area contributed by atoms with Gasteiger partial charge < -0.3 is 9.26 Å². The summed E-state index contributed by atoms with van der Waals surface area (Å²) in [5.41, 5.74) is 0. The largest absolute Gasteiger partial charge is 0.465 e. The van der Waals surface area contributed by atoms with E-state index in [1.807, 2.05) is 13.8 Å². The Morgan fingerprint density at radius 2 is 2.05 bits per heavy atom. The van der Waals surface area contributed by atoms with Crippen LogP contribution in [0.3, 0.4) is 0 Å². The number of hydrogen-bond donors (Lipinski definition) is 0. The molecule has 0 amide bonds. The summed E-state index contributed by atoms with van der Waals surface area (Å²) in [6.45, 7) is 5.40. The van der Waals surface area contributed by atoms with E-state index in [0.717, 1.165) is 0 Å². The Balaban J connectivity index is 2.97. The maximum Gasteiger partial charge on any atom is 0.455 e. The van der Waals surface area contributed by atoms with Crippen molar-refractivity contribution in [1.82, 2.24) is 10.1 Å². The summed E-state index contributed by atoms with van der Waals surface area (Å²) in [4.78, 5) is 14.9. The molecule has 8 heteroatoms. The Bertz CT molecular complexity index is 429. The standard InChI is InChI=1S/C11H15F3N2O3/c1-4-18-9(17)7(5-6(2)3)8-15-10(16-19-8)11(12,13)14/h6-7H,4-5H2,1-3H3. The molecule has 0 saturated heterocycles. The minimum Gasteiger partial charge on any atom is -0.465 e. The molecule has 0 bridgehead atoms. The molecule has 1 aromatic rings. The van der Waals surface area contributed by atoms with Crippen molar-refractivity contribution in [2.75, 3.05) is 6.61 Å². The summed E-state index contributed by atoms with van der Waals surface area (Å²) in [7, 11) is 0. The van der Waals surface area contributed by atoms with E-state index in [1.165, 1.54) is 0 Å². The lowest BCUT2D eigenvalue weighted by Crippen LogP contribution is -2.18. The fourth-order valence-corrected chi connectivity index (χ4v) is 1.50. The van der Waals surface area contributed by atoms with Crippen molar-refractivity contribution >= 4 is 5.97 Å². The number of esters is 1. The molecule has 0 aliphatic carbocycles. The zero-order valence-electron chi connectivity index (χ0n) is 10.8. The number of ether oxygens (including phenoxy) is 1. The molecule has 0 aliphatic rings. The molecule has 1 atom stereocenters. The zero-order valence-corrected chi connectivity index (χ0v) is 10.8. The molecule has 108 valence electrons. The summed E-state index contributed by atoms with van der Waals surface area (Å²) in [6.07, 6.45) is -4.42. The third-order valence-corrected chi connectivity index (χ3v) is 2.27. The van der Waals surface area contributed by atoms with Crippen LogP contribution in [0.5, 0.6) is 0 Å². The van der Waals surface area contributed by atoms with Crippen molar-refractivity contribution in [3.63, 3.8) is 0 Å².